The van der Waals surface area contributed by atoms with Crippen LogP contribution in [0.15, 0.2) is 133 Å². The highest BCUT2D eigenvalue weighted by Crippen LogP contribution is 2.37. The smallest absolute Gasteiger partial charge is 0.0705 e. The van der Waals surface area contributed by atoms with Gasteiger partial charge in [-0.15, -0.1) is 0 Å². The second-order valence-corrected chi connectivity index (χ2v) is 9.92. The molecule has 5 aromatic rings. The highest BCUT2D eigenvalue weighted by Gasteiger charge is 2.15. The predicted molar refractivity (Wildman–Crippen MR) is 138 cm³/mol. The second-order valence-electron chi connectivity index (χ2n) is 7.72. The van der Waals surface area contributed by atoms with Crippen molar-refractivity contribution in [3.63, 3.8) is 0 Å². The van der Waals surface area contributed by atoms with Gasteiger partial charge in [0.15, 0.2) is 0 Å². The van der Waals surface area contributed by atoms with E-state index in [0.29, 0.717) is 0 Å². The van der Waals surface area contributed by atoms with Crippen LogP contribution in [0.1, 0.15) is 5.69 Å². The summed E-state index contributed by atoms with van der Waals surface area (Å²) in [7, 11) is -0.513. The van der Waals surface area contributed by atoms with Crippen molar-refractivity contribution in [2.75, 3.05) is 0 Å². The maximum Gasteiger partial charge on any atom is 0.0705 e. The molecule has 1 nitrogen and oxygen atoms in total. The molecule has 0 aliphatic heterocycles. The Kier molecular flexibility index (Phi) is 6.19. The lowest BCUT2D eigenvalue weighted by atomic mass is 10.0. The normalized spacial score (nSPS) is 10.9. The quantitative estimate of drug-likeness (QED) is 0.264. The standard InChI is InChI=1S/C30H24NP/c1-4-12-24(13-5-1)25-14-10-15-26(22-25)30-21-11-16-27(31-30)23-32(28-17-6-2-7-18-28)29-19-8-3-9-20-29/h1-22H,23H2. The number of pyridine rings is 1. The molecule has 2 heteroatoms. The first-order chi connectivity index (χ1) is 15.9. The van der Waals surface area contributed by atoms with Gasteiger partial charge in [0.1, 0.15) is 0 Å². The van der Waals surface area contributed by atoms with Crippen molar-refractivity contribution >= 4 is 18.5 Å². The first-order valence-corrected chi connectivity index (χ1v) is 12.4. The topological polar surface area (TPSA) is 12.9 Å². The minimum Gasteiger partial charge on any atom is -0.252 e. The highest BCUT2D eigenvalue weighted by atomic mass is 31.1. The van der Waals surface area contributed by atoms with Crippen LogP contribution in [-0.2, 0) is 6.16 Å². The zero-order valence-corrected chi connectivity index (χ0v) is 18.7. The Morgan fingerprint density at radius 3 is 1.66 bits per heavy atom. The summed E-state index contributed by atoms with van der Waals surface area (Å²) >= 11 is 0. The molecule has 1 heterocycles. The molecule has 4 aromatic carbocycles. The van der Waals surface area contributed by atoms with Crippen LogP contribution in [-0.4, -0.2) is 4.98 Å². The van der Waals surface area contributed by atoms with E-state index in [1.165, 1.54) is 21.7 Å². The van der Waals surface area contributed by atoms with Crippen LogP contribution in [0.3, 0.4) is 0 Å². The lowest BCUT2D eigenvalue weighted by Crippen LogP contribution is -2.13. The van der Waals surface area contributed by atoms with Gasteiger partial charge in [-0.05, 0) is 47.9 Å². The molecule has 0 spiro atoms. The van der Waals surface area contributed by atoms with Crippen LogP contribution in [0.25, 0.3) is 22.4 Å². The second kappa shape index (κ2) is 9.73. The minimum absolute atomic E-state index is 0.513. The third-order valence-electron chi connectivity index (χ3n) is 5.53. The fraction of sp³-hybridized carbons (Fsp3) is 0.0333. The third kappa shape index (κ3) is 4.69. The molecule has 5 rings (SSSR count). The Balaban J connectivity index is 1.47. The molecule has 0 radical (unpaired) electrons. The molecule has 1 aromatic heterocycles. The van der Waals surface area contributed by atoms with E-state index in [1.807, 2.05) is 0 Å². The van der Waals surface area contributed by atoms with Gasteiger partial charge in [-0.2, -0.15) is 0 Å². The van der Waals surface area contributed by atoms with Gasteiger partial charge in [0.2, 0.25) is 0 Å². The zero-order valence-electron chi connectivity index (χ0n) is 17.8. The minimum atomic E-state index is -0.513. The average molecular weight is 430 g/mol. The van der Waals surface area contributed by atoms with Gasteiger partial charge in [0.05, 0.1) is 5.69 Å². The monoisotopic (exact) mass is 429 g/mol. The Bertz CT molecular complexity index is 1240. The van der Waals surface area contributed by atoms with E-state index in [0.717, 1.165) is 23.1 Å². The highest BCUT2D eigenvalue weighted by molar-refractivity contribution is 7.72. The number of aromatic nitrogens is 1. The van der Waals surface area contributed by atoms with Crippen LogP contribution < -0.4 is 10.6 Å². The lowest BCUT2D eigenvalue weighted by molar-refractivity contribution is 1.18. The molecule has 0 atom stereocenters. The van der Waals surface area contributed by atoms with Crippen molar-refractivity contribution in [3.8, 4) is 22.4 Å². The van der Waals surface area contributed by atoms with Crippen LogP contribution in [0.2, 0.25) is 0 Å². The summed E-state index contributed by atoms with van der Waals surface area (Å²) < 4.78 is 0. The van der Waals surface area contributed by atoms with Crippen LogP contribution in [0.4, 0.5) is 0 Å². The van der Waals surface area contributed by atoms with Gasteiger partial charge in [0, 0.05) is 17.4 Å². The molecule has 0 aliphatic carbocycles. The number of hydrogen-bond donors (Lipinski definition) is 0. The number of rotatable bonds is 6. The Morgan fingerprint density at radius 1 is 0.469 bits per heavy atom. The fourth-order valence-corrected chi connectivity index (χ4v) is 6.15. The third-order valence-corrected chi connectivity index (χ3v) is 8.01. The van der Waals surface area contributed by atoms with Gasteiger partial charge in [0.25, 0.3) is 0 Å². The molecule has 0 saturated heterocycles. The molecule has 0 aliphatic rings. The van der Waals surface area contributed by atoms with Crippen LogP contribution in [0, 0.1) is 0 Å². The summed E-state index contributed by atoms with van der Waals surface area (Å²) in [6, 6.07) is 47.2. The summed E-state index contributed by atoms with van der Waals surface area (Å²) in [6.07, 6.45) is 0.926. The summed E-state index contributed by atoms with van der Waals surface area (Å²) in [4.78, 5) is 5.08. The number of benzene rings is 4. The Morgan fingerprint density at radius 2 is 1.00 bits per heavy atom. The van der Waals surface area contributed by atoms with Crippen molar-refractivity contribution in [1.29, 1.82) is 0 Å². The van der Waals surface area contributed by atoms with Gasteiger partial charge >= 0.3 is 0 Å². The van der Waals surface area contributed by atoms with Crippen molar-refractivity contribution in [3.05, 3.63) is 139 Å². The van der Waals surface area contributed by atoms with E-state index in [4.69, 9.17) is 4.98 Å². The van der Waals surface area contributed by atoms with Gasteiger partial charge in [-0.25, -0.2) is 0 Å². The zero-order chi connectivity index (χ0) is 21.6. The SMILES string of the molecule is c1ccc(-c2cccc(-c3cccc(CP(c4ccccc4)c4ccccc4)n3)c2)cc1. The summed E-state index contributed by atoms with van der Waals surface area (Å²) in [6.45, 7) is 0. The predicted octanol–water partition coefficient (Wildman–Crippen LogP) is 7.05. The molecule has 0 amide bonds. The Labute approximate surface area is 191 Å². The van der Waals surface area contributed by atoms with Gasteiger partial charge < -0.3 is 0 Å². The molecule has 154 valence electrons. The molecular weight excluding hydrogens is 405 g/mol. The number of nitrogens with zero attached hydrogens (tertiary/aromatic N) is 1. The summed E-state index contributed by atoms with van der Waals surface area (Å²) in [5.74, 6) is 0. The van der Waals surface area contributed by atoms with E-state index < -0.39 is 7.92 Å². The molecule has 0 N–H and O–H groups in total. The molecule has 0 bridgehead atoms. The van der Waals surface area contributed by atoms with Crippen molar-refractivity contribution in [2.45, 2.75) is 6.16 Å². The average Bonchev–Trinajstić information content (AvgIpc) is 2.89. The first kappa shape index (κ1) is 20.4. The molecule has 0 unspecified atom stereocenters. The van der Waals surface area contributed by atoms with E-state index in [2.05, 4.69) is 133 Å². The van der Waals surface area contributed by atoms with E-state index in [-0.39, 0.29) is 0 Å². The first-order valence-electron chi connectivity index (χ1n) is 10.9. The van der Waals surface area contributed by atoms with Gasteiger partial charge in [-0.1, -0.05) is 115 Å². The van der Waals surface area contributed by atoms with E-state index >= 15 is 0 Å². The molecule has 0 saturated carbocycles. The van der Waals surface area contributed by atoms with Crippen molar-refractivity contribution in [1.82, 2.24) is 4.98 Å². The molecule has 0 fully saturated rings. The number of hydrogen-bond acceptors (Lipinski definition) is 1. The summed E-state index contributed by atoms with van der Waals surface area (Å²) in [5.41, 5.74) is 5.74. The van der Waals surface area contributed by atoms with Crippen LogP contribution in [0.5, 0.6) is 0 Å². The summed E-state index contributed by atoms with van der Waals surface area (Å²) in [5, 5.41) is 2.76. The maximum atomic E-state index is 5.08. The van der Waals surface area contributed by atoms with E-state index in [1.54, 1.807) is 0 Å². The van der Waals surface area contributed by atoms with Gasteiger partial charge in [-0.3, -0.25) is 4.98 Å². The largest absolute Gasteiger partial charge is 0.252 e. The molecular formula is C30H24NP. The fourth-order valence-electron chi connectivity index (χ4n) is 3.93. The molecule has 32 heavy (non-hydrogen) atoms. The van der Waals surface area contributed by atoms with Crippen molar-refractivity contribution < 1.29 is 0 Å². The Hall–Kier alpha value is -3.54. The van der Waals surface area contributed by atoms with Crippen molar-refractivity contribution in [2.24, 2.45) is 0 Å². The van der Waals surface area contributed by atoms with E-state index in [9.17, 15) is 0 Å². The van der Waals surface area contributed by atoms with Crippen LogP contribution >= 0.6 is 7.92 Å². The maximum absolute atomic E-state index is 5.08. The lowest BCUT2D eigenvalue weighted by Gasteiger charge is -2.19.